The molecular formula is C26H32N4O8. The van der Waals surface area contributed by atoms with Crippen molar-refractivity contribution in [3.63, 3.8) is 0 Å². The van der Waals surface area contributed by atoms with Crippen molar-refractivity contribution in [2.24, 2.45) is 5.92 Å². The zero-order valence-corrected chi connectivity index (χ0v) is 21.5. The lowest BCUT2D eigenvalue weighted by molar-refractivity contribution is -0.384. The number of nitro benzene ring substituents is 1. The highest BCUT2D eigenvalue weighted by molar-refractivity contribution is 5.95. The number of non-ortho nitro benzene ring substituents is 1. The first kappa shape index (κ1) is 27.1. The van der Waals surface area contributed by atoms with Crippen molar-refractivity contribution in [1.29, 1.82) is 0 Å². The van der Waals surface area contributed by atoms with Crippen molar-refractivity contribution < 1.29 is 33.6 Å². The van der Waals surface area contributed by atoms with Crippen LogP contribution in [0.1, 0.15) is 49.4 Å². The van der Waals surface area contributed by atoms with Gasteiger partial charge < -0.3 is 24.6 Å². The van der Waals surface area contributed by atoms with Gasteiger partial charge in [-0.15, -0.1) is 0 Å². The topological polar surface area (TPSA) is 148 Å². The van der Waals surface area contributed by atoms with Gasteiger partial charge in [0.15, 0.2) is 0 Å². The minimum absolute atomic E-state index is 0.00425. The highest BCUT2D eigenvalue weighted by atomic mass is 16.6. The van der Waals surface area contributed by atoms with Crippen LogP contribution in [0.25, 0.3) is 0 Å². The second-order valence-electron chi connectivity index (χ2n) is 9.85. The molecule has 1 saturated carbocycles. The van der Waals surface area contributed by atoms with Crippen LogP contribution in [0.15, 0.2) is 36.4 Å². The fourth-order valence-electron chi connectivity index (χ4n) is 4.98. The Morgan fingerprint density at radius 3 is 2.63 bits per heavy atom. The molecule has 3 amide bonds. The van der Waals surface area contributed by atoms with Gasteiger partial charge in [0.1, 0.15) is 17.7 Å². The quantitative estimate of drug-likeness (QED) is 0.265. The van der Waals surface area contributed by atoms with Crippen LogP contribution in [0, 0.1) is 16.0 Å². The van der Waals surface area contributed by atoms with Crippen LogP contribution in [-0.2, 0) is 19.1 Å². The smallest absolute Gasteiger partial charge is 0.338 e. The maximum atomic E-state index is 13.5. The Morgan fingerprint density at radius 1 is 1.21 bits per heavy atom. The zero-order chi connectivity index (χ0) is 27.4. The molecule has 3 aliphatic rings. The minimum Gasteiger partial charge on any atom is -0.464 e. The number of amides is 3. The van der Waals surface area contributed by atoms with Crippen LogP contribution in [0.5, 0.6) is 0 Å². The van der Waals surface area contributed by atoms with Crippen molar-refractivity contribution in [2.45, 2.75) is 56.7 Å². The van der Waals surface area contributed by atoms with Gasteiger partial charge in [-0.2, -0.15) is 0 Å². The predicted octanol–water partition coefficient (Wildman–Crippen LogP) is 2.42. The molecule has 1 aromatic rings. The van der Waals surface area contributed by atoms with Gasteiger partial charge >= 0.3 is 18.0 Å². The summed E-state index contributed by atoms with van der Waals surface area (Å²) in [6.45, 7) is 2.37. The van der Waals surface area contributed by atoms with E-state index < -0.39 is 40.5 Å². The maximum Gasteiger partial charge on any atom is 0.338 e. The number of allylic oxidation sites excluding steroid dienone is 1. The molecule has 2 aliphatic heterocycles. The van der Waals surface area contributed by atoms with Crippen molar-refractivity contribution in [3.05, 3.63) is 52.1 Å². The van der Waals surface area contributed by atoms with Crippen molar-refractivity contribution in [2.75, 3.05) is 26.7 Å². The predicted molar refractivity (Wildman–Crippen MR) is 134 cm³/mol. The molecule has 1 aromatic carbocycles. The molecule has 0 spiro atoms. The molecule has 12 nitrogen and oxygen atoms in total. The molecule has 0 aromatic heterocycles. The van der Waals surface area contributed by atoms with Crippen LogP contribution >= 0.6 is 0 Å². The lowest BCUT2D eigenvalue weighted by Crippen LogP contribution is -2.55. The number of nitrogens with zero attached hydrogens (tertiary/aromatic N) is 3. The minimum atomic E-state index is -1.18. The standard InChI is InChI=1S/C26H32N4O8/c1-3-37-24(33)26-15-18(26)8-6-4-5-7-13-28(2)25(34)29-16-20(14-21(29)22(31)27-26)38-23(32)17-9-11-19(12-10-17)30(35)36/h6,8-12,18,20-21H,3-5,7,13-16H2,1-2H3,(H,27,31)/t18-,20+,21+,26-/m1/s1. The summed E-state index contributed by atoms with van der Waals surface area (Å²) < 4.78 is 10.9. The van der Waals surface area contributed by atoms with E-state index >= 15 is 0 Å². The molecule has 0 radical (unpaired) electrons. The number of urea groups is 1. The number of rotatable bonds is 5. The highest BCUT2D eigenvalue weighted by Crippen LogP contribution is 2.46. The van der Waals surface area contributed by atoms with Crippen molar-refractivity contribution in [3.8, 4) is 0 Å². The largest absolute Gasteiger partial charge is 0.464 e. The lowest BCUT2D eigenvalue weighted by Gasteiger charge is -2.30. The molecule has 2 heterocycles. The Morgan fingerprint density at radius 2 is 1.95 bits per heavy atom. The third-order valence-electron chi connectivity index (χ3n) is 7.21. The molecule has 0 bridgehead atoms. The van der Waals surface area contributed by atoms with E-state index in [2.05, 4.69) is 5.32 Å². The lowest BCUT2D eigenvalue weighted by atomic mass is 10.1. The van der Waals surface area contributed by atoms with Crippen LogP contribution in [-0.4, -0.2) is 83.0 Å². The molecule has 1 saturated heterocycles. The van der Waals surface area contributed by atoms with Gasteiger partial charge in [-0.05, 0) is 44.7 Å². The van der Waals surface area contributed by atoms with Gasteiger partial charge in [-0.25, -0.2) is 14.4 Å². The van der Waals surface area contributed by atoms with Gasteiger partial charge in [-0.3, -0.25) is 14.9 Å². The van der Waals surface area contributed by atoms with Crippen LogP contribution < -0.4 is 5.32 Å². The SMILES string of the molecule is CCOC(=O)[C@@]12C[C@H]1C=CCCCCN(C)C(=O)N1C[C@@H](OC(=O)c3ccc([N+](=O)[O-])cc3)C[C@H]1C(=O)N2. The maximum absolute atomic E-state index is 13.5. The molecular weight excluding hydrogens is 496 g/mol. The van der Waals surface area contributed by atoms with E-state index in [1.807, 2.05) is 12.2 Å². The number of ether oxygens (including phenoxy) is 2. The summed E-state index contributed by atoms with van der Waals surface area (Å²) in [7, 11) is 1.66. The van der Waals surface area contributed by atoms with Gasteiger partial charge in [0.05, 0.1) is 23.6 Å². The molecule has 0 unspecified atom stereocenters. The summed E-state index contributed by atoms with van der Waals surface area (Å²) in [6, 6.07) is 3.66. The Balaban J connectivity index is 1.54. The summed E-state index contributed by atoms with van der Waals surface area (Å²) in [4.78, 5) is 65.6. The fraction of sp³-hybridized carbons (Fsp3) is 0.538. The molecule has 1 aliphatic carbocycles. The summed E-state index contributed by atoms with van der Waals surface area (Å²) in [5, 5.41) is 13.7. The summed E-state index contributed by atoms with van der Waals surface area (Å²) >= 11 is 0. The Hall–Kier alpha value is -3.96. The van der Waals surface area contributed by atoms with Gasteiger partial charge in [0.2, 0.25) is 5.91 Å². The zero-order valence-electron chi connectivity index (χ0n) is 21.5. The van der Waals surface area contributed by atoms with Gasteiger partial charge in [-0.1, -0.05) is 12.2 Å². The number of esters is 2. The van der Waals surface area contributed by atoms with Crippen molar-refractivity contribution >= 4 is 29.6 Å². The Bertz CT molecular complexity index is 1140. The Labute approximate surface area is 220 Å². The fourth-order valence-corrected chi connectivity index (χ4v) is 4.98. The molecule has 2 fully saturated rings. The number of nitro groups is 1. The third-order valence-corrected chi connectivity index (χ3v) is 7.21. The number of carbonyl (C=O) groups is 4. The van der Waals surface area contributed by atoms with Crippen LogP contribution in [0.2, 0.25) is 0 Å². The highest BCUT2D eigenvalue weighted by Gasteiger charge is 2.62. The summed E-state index contributed by atoms with van der Waals surface area (Å²) in [5.41, 5.74) is -1.22. The second kappa shape index (κ2) is 11.2. The van der Waals surface area contributed by atoms with E-state index in [9.17, 15) is 29.3 Å². The number of fused-ring (bicyclic) bond motifs is 2. The summed E-state index contributed by atoms with van der Waals surface area (Å²) in [6.07, 6.45) is 6.03. The number of carbonyl (C=O) groups excluding carboxylic acids is 4. The number of nitrogens with one attached hydrogen (secondary N) is 1. The first-order chi connectivity index (χ1) is 18.2. The van der Waals surface area contributed by atoms with E-state index in [0.717, 1.165) is 19.3 Å². The van der Waals surface area contributed by atoms with E-state index in [1.54, 1.807) is 14.0 Å². The first-order valence-electron chi connectivity index (χ1n) is 12.8. The van der Waals surface area contributed by atoms with E-state index in [-0.39, 0.29) is 42.8 Å². The monoisotopic (exact) mass is 528 g/mol. The number of hydrogen-bond acceptors (Lipinski definition) is 8. The average molecular weight is 529 g/mol. The van der Waals surface area contributed by atoms with Crippen LogP contribution in [0.3, 0.4) is 0 Å². The van der Waals surface area contributed by atoms with E-state index in [1.165, 1.54) is 34.1 Å². The van der Waals surface area contributed by atoms with Gasteiger partial charge in [0, 0.05) is 38.1 Å². The second-order valence-corrected chi connectivity index (χ2v) is 9.85. The van der Waals surface area contributed by atoms with Crippen molar-refractivity contribution in [1.82, 2.24) is 15.1 Å². The number of hydrogen-bond donors (Lipinski definition) is 1. The Kier molecular flexibility index (Phi) is 7.98. The van der Waals surface area contributed by atoms with E-state index in [4.69, 9.17) is 9.47 Å². The third kappa shape index (κ3) is 5.63. The summed E-state index contributed by atoms with van der Waals surface area (Å²) in [5.74, 6) is -1.93. The molecule has 38 heavy (non-hydrogen) atoms. The van der Waals surface area contributed by atoms with E-state index in [0.29, 0.717) is 13.0 Å². The molecule has 12 heteroatoms. The normalized spacial score (nSPS) is 27.5. The molecule has 4 rings (SSSR count). The molecule has 1 N–H and O–H groups in total. The first-order valence-corrected chi connectivity index (χ1v) is 12.8. The molecule has 204 valence electrons. The van der Waals surface area contributed by atoms with Crippen LogP contribution in [0.4, 0.5) is 10.5 Å². The average Bonchev–Trinajstić information content (AvgIpc) is 3.42. The van der Waals surface area contributed by atoms with Gasteiger partial charge in [0.25, 0.3) is 5.69 Å². The number of benzene rings is 1. The molecule has 4 atom stereocenters.